The van der Waals surface area contributed by atoms with E-state index in [0.29, 0.717) is 11.7 Å². The third-order valence-corrected chi connectivity index (χ3v) is 2.46. The zero-order valence-corrected chi connectivity index (χ0v) is 8.88. The molecule has 2 rings (SSSR count). The van der Waals surface area contributed by atoms with Crippen LogP contribution in [-0.2, 0) is 4.79 Å². The molecule has 1 aliphatic rings. The van der Waals surface area contributed by atoms with Crippen LogP contribution >= 0.6 is 0 Å². The number of carboxylic acid groups (broad SMARTS) is 1. The lowest BCUT2D eigenvalue weighted by molar-refractivity contribution is -0.140. The maximum absolute atomic E-state index is 11.5. The molecule has 1 saturated carbocycles. The van der Waals surface area contributed by atoms with Crippen molar-refractivity contribution >= 4 is 11.9 Å². The van der Waals surface area contributed by atoms with E-state index >= 15 is 0 Å². The van der Waals surface area contributed by atoms with Crippen LogP contribution < -0.4 is 5.32 Å². The Morgan fingerprint density at radius 2 is 2.24 bits per heavy atom. The van der Waals surface area contributed by atoms with Gasteiger partial charge in [-0.25, -0.2) is 9.78 Å². The van der Waals surface area contributed by atoms with Crippen molar-refractivity contribution in [2.45, 2.75) is 24.8 Å². The third kappa shape index (κ3) is 2.59. The third-order valence-electron chi connectivity index (χ3n) is 2.46. The number of nitrogens with zero attached hydrogens (tertiary/aromatic N) is 2. The average Bonchev–Trinajstić information content (AvgIpc) is 3.03. The lowest BCUT2D eigenvalue weighted by Gasteiger charge is -2.09. The van der Waals surface area contributed by atoms with Crippen molar-refractivity contribution < 1.29 is 19.8 Å². The van der Waals surface area contributed by atoms with Gasteiger partial charge in [0.15, 0.2) is 6.04 Å². The maximum atomic E-state index is 11.5. The van der Waals surface area contributed by atoms with Gasteiger partial charge in [-0.3, -0.25) is 9.89 Å². The second kappa shape index (κ2) is 4.50. The number of hydrogen-bond acceptors (Lipinski definition) is 5. The number of aromatic amines is 1. The van der Waals surface area contributed by atoms with E-state index in [9.17, 15) is 9.59 Å². The molecule has 1 atom stereocenters. The predicted octanol–water partition coefficient (Wildman–Crippen LogP) is -1.14. The highest BCUT2D eigenvalue weighted by Crippen LogP contribution is 2.37. The summed E-state index contributed by atoms with van der Waals surface area (Å²) in [6, 6.07) is -1.34. The topological polar surface area (TPSA) is 128 Å². The highest BCUT2D eigenvalue weighted by Gasteiger charge is 2.29. The second-order valence-corrected chi connectivity index (χ2v) is 3.87. The van der Waals surface area contributed by atoms with Crippen molar-refractivity contribution in [1.29, 1.82) is 0 Å². The number of carboxylic acids is 1. The normalized spacial score (nSPS) is 16.5. The summed E-state index contributed by atoms with van der Waals surface area (Å²) in [4.78, 5) is 26.1. The lowest BCUT2D eigenvalue weighted by Crippen LogP contribution is -2.43. The van der Waals surface area contributed by atoms with Crippen molar-refractivity contribution in [2.75, 3.05) is 6.61 Å². The summed E-state index contributed by atoms with van der Waals surface area (Å²) in [6.07, 6.45) is 2.04. The van der Waals surface area contributed by atoms with Crippen LogP contribution in [0, 0.1) is 0 Å². The SMILES string of the molecule is O=C(NC(CO)C(=O)O)c1n[nH]c(C2CC2)n1. The van der Waals surface area contributed by atoms with Gasteiger partial charge in [-0.1, -0.05) is 0 Å². The second-order valence-electron chi connectivity index (χ2n) is 3.87. The summed E-state index contributed by atoms with van der Waals surface area (Å²) in [5.74, 6) is -1.15. The molecule has 0 saturated heterocycles. The van der Waals surface area contributed by atoms with Gasteiger partial charge in [0.2, 0.25) is 5.82 Å². The minimum atomic E-state index is -1.34. The van der Waals surface area contributed by atoms with Crippen molar-refractivity contribution in [3.05, 3.63) is 11.6 Å². The lowest BCUT2D eigenvalue weighted by atomic mass is 10.3. The molecule has 0 aliphatic heterocycles. The maximum Gasteiger partial charge on any atom is 0.328 e. The van der Waals surface area contributed by atoms with Gasteiger partial charge in [0.1, 0.15) is 5.82 Å². The van der Waals surface area contributed by atoms with E-state index in [2.05, 4.69) is 20.5 Å². The summed E-state index contributed by atoms with van der Waals surface area (Å²) in [5.41, 5.74) is 0. The van der Waals surface area contributed by atoms with E-state index in [4.69, 9.17) is 10.2 Å². The number of carbonyl (C=O) groups excluding carboxylic acids is 1. The zero-order valence-electron chi connectivity index (χ0n) is 8.88. The van der Waals surface area contributed by atoms with Crippen LogP contribution in [0.2, 0.25) is 0 Å². The molecule has 1 fully saturated rings. The van der Waals surface area contributed by atoms with Crippen LogP contribution in [0.15, 0.2) is 0 Å². The Labute approximate surface area is 96.1 Å². The Morgan fingerprint density at radius 3 is 2.76 bits per heavy atom. The van der Waals surface area contributed by atoms with E-state index in [1.807, 2.05) is 0 Å². The molecular weight excluding hydrogens is 228 g/mol. The molecule has 0 radical (unpaired) electrons. The number of rotatable bonds is 5. The Bertz CT molecular complexity index is 440. The summed E-state index contributed by atoms with van der Waals surface area (Å²) < 4.78 is 0. The minimum absolute atomic E-state index is 0.105. The molecule has 8 heteroatoms. The molecule has 1 unspecified atom stereocenters. The van der Waals surface area contributed by atoms with E-state index < -0.39 is 24.5 Å². The average molecular weight is 240 g/mol. The van der Waals surface area contributed by atoms with Crippen molar-refractivity contribution in [3.8, 4) is 0 Å². The molecule has 0 spiro atoms. The van der Waals surface area contributed by atoms with Crippen LogP contribution in [-0.4, -0.2) is 49.9 Å². The Kier molecular flexibility index (Phi) is 3.05. The number of aliphatic hydroxyl groups excluding tert-OH is 1. The number of aromatic nitrogens is 3. The molecule has 92 valence electrons. The molecule has 17 heavy (non-hydrogen) atoms. The molecule has 8 nitrogen and oxygen atoms in total. The van der Waals surface area contributed by atoms with E-state index in [1.165, 1.54) is 0 Å². The van der Waals surface area contributed by atoms with Crippen LogP contribution in [0.3, 0.4) is 0 Å². The quantitative estimate of drug-likeness (QED) is 0.515. The van der Waals surface area contributed by atoms with Crippen LogP contribution in [0.25, 0.3) is 0 Å². The molecule has 1 aromatic heterocycles. The van der Waals surface area contributed by atoms with Crippen molar-refractivity contribution in [1.82, 2.24) is 20.5 Å². The van der Waals surface area contributed by atoms with Gasteiger partial charge >= 0.3 is 5.97 Å². The Morgan fingerprint density at radius 1 is 1.53 bits per heavy atom. The van der Waals surface area contributed by atoms with Crippen molar-refractivity contribution in [2.24, 2.45) is 0 Å². The summed E-state index contributed by atoms with van der Waals surface area (Å²) in [7, 11) is 0. The molecule has 1 amide bonds. The molecular formula is C9H12N4O4. The first-order valence-electron chi connectivity index (χ1n) is 5.18. The number of aliphatic hydroxyl groups is 1. The number of hydrogen-bond donors (Lipinski definition) is 4. The summed E-state index contributed by atoms with van der Waals surface area (Å²) in [6.45, 7) is -0.680. The molecule has 0 aromatic carbocycles. The first-order chi connectivity index (χ1) is 8.11. The van der Waals surface area contributed by atoms with Crippen LogP contribution in [0.1, 0.15) is 35.2 Å². The number of amides is 1. The Hall–Kier alpha value is -1.96. The van der Waals surface area contributed by atoms with Crippen molar-refractivity contribution in [3.63, 3.8) is 0 Å². The molecule has 1 heterocycles. The molecule has 0 bridgehead atoms. The summed E-state index contributed by atoms with van der Waals surface area (Å²) in [5, 5.41) is 25.9. The summed E-state index contributed by atoms with van der Waals surface area (Å²) >= 11 is 0. The van der Waals surface area contributed by atoms with Gasteiger partial charge in [0.05, 0.1) is 6.61 Å². The molecule has 4 N–H and O–H groups in total. The largest absolute Gasteiger partial charge is 0.480 e. The minimum Gasteiger partial charge on any atom is -0.480 e. The van der Waals surface area contributed by atoms with Gasteiger partial charge in [-0.05, 0) is 12.8 Å². The number of aliphatic carboxylic acids is 1. The highest BCUT2D eigenvalue weighted by atomic mass is 16.4. The van der Waals surface area contributed by atoms with Gasteiger partial charge in [0.25, 0.3) is 5.91 Å². The fourth-order valence-electron chi connectivity index (χ4n) is 1.32. The number of carbonyl (C=O) groups is 2. The zero-order chi connectivity index (χ0) is 12.4. The van der Waals surface area contributed by atoms with Crippen LogP contribution in [0.5, 0.6) is 0 Å². The van der Waals surface area contributed by atoms with Crippen LogP contribution in [0.4, 0.5) is 0 Å². The first kappa shape index (κ1) is 11.5. The fourth-order valence-corrected chi connectivity index (χ4v) is 1.32. The molecule has 1 aliphatic carbocycles. The monoisotopic (exact) mass is 240 g/mol. The standard InChI is InChI=1S/C9H12N4O4/c14-3-5(9(16)17)10-8(15)7-11-6(12-13-7)4-1-2-4/h4-5,14H,1-3H2,(H,10,15)(H,16,17)(H,11,12,13). The van der Waals surface area contributed by atoms with Gasteiger partial charge in [-0.2, -0.15) is 0 Å². The number of H-pyrrole nitrogens is 1. The van der Waals surface area contributed by atoms with Gasteiger partial charge < -0.3 is 15.5 Å². The highest BCUT2D eigenvalue weighted by molar-refractivity contribution is 5.93. The smallest absolute Gasteiger partial charge is 0.328 e. The van der Waals surface area contributed by atoms with Gasteiger partial charge in [-0.15, -0.1) is 5.10 Å². The van der Waals surface area contributed by atoms with E-state index in [-0.39, 0.29) is 5.82 Å². The first-order valence-corrected chi connectivity index (χ1v) is 5.18. The molecule has 1 aromatic rings. The van der Waals surface area contributed by atoms with Gasteiger partial charge in [0, 0.05) is 5.92 Å². The fraction of sp³-hybridized carbons (Fsp3) is 0.556. The number of nitrogens with one attached hydrogen (secondary N) is 2. The van der Waals surface area contributed by atoms with E-state index in [1.54, 1.807) is 0 Å². The van der Waals surface area contributed by atoms with E-state index in [0.717, 1.165) is 12.8 Å². The Balaban J connectivity index is 2.00. The predicted molar refractivity (Wildman–Crippen MR) is 54.3 cm³/mol.